The number of rotatable bonds is 5. The fourth-order valence-electron chi connectivity index (χ4n) is 5.70. The maximum absolute atomic E-state index is 13.3. The van der Waals surface area contributed by atoms with E-state index in [9.17, 15) is 19.2 Å². The Bertz CT molecular complexity index is 1200. The third kappa shape index (κ3) is 3.66. The van der Waals surface area contributed by atoms with Gasteiger partial charge in [0.15, 0.2) is 6.61 Å². The molecule has 1 saturated heterocycles. The molecule has 5 rings (SSSR count). The zero-order chi connectivity index (χ0) is 24.3. The number of hydrogen-bond donors (Lipinski definition) is 0. The summed E-state index contributed by atoms with van der Waals surface area (Å²) in [5.74, 6) is -1.81. The van der Waals surface area contributed by atoms with Crippen molar-refractivity contribution in [1.82, 2.24) is 0 Å². The fourth-order valence-corrected chi connectivity index (χ4v) is 7.58. The summed E-state index contributed by atoms with van der Waals surface area (Å²) in [5.41, 5.74) is 2.82. The molecule has 0 spiro atoms. The standard InChI is InChI=1S/C26H23Br2NO5/c1-12-6-7-13(2)16(8-12)19(30)11-34-26(33)14-4-3-5-15(9-14)29-24(31)20-17-10-18(21(20)25(29)32)23(28)22(17)27/h3-9,17-18,20-23H,10-11H2,1-2H3/t17-,18+,20-,21-,22+,23-/m0/s1. The summed E-state index contributed by atoms with van der Waals surface area (Å²) in [4.78, 5) is 53.3. The number of benzene rings is 2. The Hall–Kier alpha value is -2.32. The number of anilines is 1. The van der Waals surface area contributed by atoms with E-state index in [4.69, 9.17) is 4.74 Å². The number of hydrogen-bond acceptors (Lipinski definition) is 5. The molecule has 0 aromatic heterocycles. The van der Waals surface area contributed by atoms with Crippen LogP contribution in [0.1, 0.15) is 38.3 Å². The van der Waals surface area contributed by atoms with Crippen LogP contribution in [0, 0.1) is 37.5 Å². The number of carbonyl (C=O) groups is 4. The van der Waals surface area contributed by atoms with Gasteiger partial charge in [0.2, 0.25) is 17.6 Å². The summed E-state index contributed by atoms with van der Waals surface area (Å²) in [6.07, 6.45) is 0.854. The quantitative estimate of drug-likeness (QED) is 0.220. The highest BCUT2D eigenvalue weighted by Gasteiger charge is 2.66. The van der Waals surface area contributed by atoms with E-state index in [1.165, 1.54) is 11.0 Å². The predicted octanol–water partition coefficient (Wildman–Crippen LogP) is 4.63. The molecule has 0 radical (unpaired) electrons. The molecule has 6 atom stereocenters. The van der Waals surface area contributed by atoms with Crippen LogP contribution >= 0.6 is 31.9 Å². The van der Waals surface area contributed by atoms with E-state index < -0.39 is 5.97 Å². The minimum atomic E-state index is -0.680. The first-order valence-electron chi connectivity index (χ1n) is 11.2. The normalized spacial score (nSPS) is 29.5. The Balaban J connectivity index is 1.32. The number of fused-ring (bicyclic) bond motifs is 5. The van der Waals surface area contributed by atoms with Crippen LogP contribution in [-0.2, 0) is 14.3 Å². The molecular formula is C26H23Br2NO5. The van der Waals surface area contributed by atoms with Crippen LogP contribution in [0.2, 0.25) is 0 Å². The summed E-state index contributed by atoms with van der Waals surface area (Å²) in [6, 6.07) is 11.8. The van der Waals surface area contributed by atoms with Crippen molar-refractivity contribution in [2.75, 3.05) is 11.5 Å². The molecule has 8 heteroatoms. The number of halogens is 2. The van der Waals surface area contributed by atoms with Gasteiger partial charge in [-0.2, -0.15) is 0 Å². The average Bonchev–Trinajstić information content (AvgIpc) is 3.43. The lowest BCUT2D eigenvalue weighted by atomic mass is 9.81. The Morgan fingerprint density at radius 3 is 2.26 bits per heavy atom. The van der Waals surface area contributed by atoms with Crippen LogP contribution < -0.4 is 4.90 Å². The monoisotopic (exact) mass is 587 g/mol. The highest BCUT2D eigenvalue weighted by molar-refractivity contribution is 9.12. The van der Waals surface area contributed by atoms with Gasteiger partial charge >= 0.3 is 5.97 Å². The average molecular weight is 589 g/mol. The molecule has 2 amide bonds. The van der Waals surface area contributed by atoms with E-state index in [1.807, 2.05) is 26.0 Å². The van der Waals surface area contributed by atoms with Gasteiger partial charge in [0, 0.05) is 15.2 Å². The number of imide groups is 1. The lowest BCUT2D eigenvalue weighted by Crippen LogP contribution is -2.37. The molecular weight excluding hydrogens is 566 g/mol. The molecule has 0 N–H and O–H groups in total. The maximum atomic E-state index is 13.3. The molecule has 2 aromatic rings. The maximum Gasteiger partial charge on any atom is 0.338 e. The molecule has 1 heterocycles. The summed E-state index contributed by atoms with van der Waals surface area (Å²) >= 11 is 7.38. The SMILES string of the molecule is Cc1ccc(C)c(C(=O)COC(=O)c2cccc(N3C(=O)[C@H]4[C@@H]5C[C@@H]([C@H](Br)[C@@H]5Br)[C@@H]4C3=O)c2)c1. The molecule has 2 aromatic carbocycles. The van der Waals surface area contributed by atoms with Crippen LogP contribution in [0.4, 0.5) is 5.69 Å². The second kappa shape index (κ2) is 8.72. The molecule has 1 aliphatic heterocycles. The molecule has 3 fully saturated rings. The van der Waals surface area contributed by atoms with Crippen LogP contribution in [0.5, 0.6) is 0 Å². The van der Waals surface area contributed by atoms with Gasteiger partial charge in [0.1, 0.15) is 0 Å². The number of ketones is 1. The molecule has 34 heavy (non-hydrogen) atoms. The van der Waals surface area contributed by atoms with Crippen LogP contribution in [-0.4, -0.2) is 39.8 Å². The molecule has 6 nitrogen and oxygen atoms in total. The number of amides is 2. The fraction of sp³-hybridized carbons (Fsp3) is 0.385. The van der Waals surface area contributed by atoms with E-state index in [2.05, 4.69) is 31.9 Å². The summed E-state index contributed by atoms with van der Waals surface area (Å²) in [7, 11) is 0. The molecule has 2 aliphatic carbocycles. The Morgan fingerprint density at radius 2 is 1.62 bits per heavy atom. The van der Waals surface area contributed by atoms with Gasteiger partial charge in [-0.15, -0.1) is 0 Å². The van der Waals surface area contributed by atoms with Gasteiger partial charge in [-0.3, -0.25) is 19.3 Å². The van der Waals surface area contributed by atoms with Crippen molar-refractivity contribution in [3.8, 4) is 0 Å². The van der Waals surface area contributed by atoms with E-state index in [1.54, 1.807) is 24.3 Å². The first kappa shape index (κ1) is 23.4. The van der Waals surface area contributed by atoms with Gasteiger partial charge in [-0.25, -0.2) is 4.79 Å². The van der Waals surface area contributed by atoms with Crippen molar-refractivity contribution < 1.29 is 23.9 Å². The second-order valence-corrected chi connectivity index (χ2v) is 11.5. The van der Waals surface area contributed by atoms with E-state index in [-0.39, 0.29) is 63.1 Å². The molecule has 176 valence electrons. The largest absolute Gasteiger partial charge is 0.454 e. The Morgan fingerprint density at radius 1 is 0.971 bits per heavy atom. The number of alkyl halides is 2. The number of Topliss-reactive ketones (excluding diaryl/α,β-unsaturated/α-hetero) is 1. The minimum absolute atomic E-state index is 0.116. The predicted molar refractivity (Wildman–Crippen MR) is 133 cm³/mol. The lowest BCUT2D eigenvalue weighted by molar-refractivity contribution is -0.123. The zero-order valence-electron chi connectivity index (χ0n) is 18.7. The van der Waals surface area contributed by atoms with Gasteiger partial charge in [-0.1, -0.05) is 55.6 Å². The topological polar surface area (TPSA) is 80.8 Å². The van der Waals surface area contributed by atoms with Crippen molar-refractivity contribution in [3.05, 3.63) is 64.7 Å². The number of carbonyl (C=O) groups excluding carboxylic acids is 4. The van der Waals surface area contributed by atoms with Crippen molar-refractivity contribution in [1.29, 1.82) is 0 Å². The summed E-state index contributed by atoms with van der Waals surface area (Å²) in [5, 5.41) is 0. The Labute approximate surface area is 214 Å². The molecule has 3 aliphatic rings. The second-order valence-electron chi connectivity index (χ2n) is 9.38. The third-order valence-corrected chi connectivity index (χ3v) is 10.6. The molecule has 2 saturated carbocycles. The van der Waals surface area contributed by atoms with Crippen molar-refractivity contribution in [2.45, 2.75) is 29.9 Å². The van der Waals surface area contributed by atoms with Crippen molar-refractivity contribution >= 4 is 61.1 Å². The number of aryl methyl sites for hydroxylation is 2. The van der Waals surface area contributed by atoms with Gasteiger partial charge in [0.25, 0.3) is 0 Å². The molecule has 2 bridgehead atoms. The lowest BCUT2D eigenvalue weighted by Gasteiger charge is -2.28. The van der Waals surface area contributed by atoms with Gasteiger partial charge < -0.3 is 4.74 Å². The number of nitrogens with zero attached hydrogens (tertiary/aromatic N) is 1. The van der Waals surface area contributed by atoms with Gasteiger partial charge in [0.05, 0.1) is 23.1 Å². The Kier molecular flexibility index (Phi) is 6.01. The highest BCUT2D eigenvalue weighted by atomic mass is 79.9. The van der Waals surface area contributed by atoms with Crippen LogP contribution in [0.15, 0.2) is 42.5 Å². The van der Waals surface area contributed by atoms with Gasteiger partial charge in [-0.05, 0) is 61.9 Å². The summed E-state index contributed by atoms with van der Waals surface area (Å²) < 4.78 is 5.27. The van der Waals surface area contributed by atoms with E-state index in [0.29, 0.717) is 11.3 Å². The number of ether oxygens (including phenoxy) is 1. The number of esters is 1. The van der Waals surface area contributed by atoms with Crippen molar-refractivity contribution in [3.63, 3.8) is 0 Å². The summed E-state index contributed by atoms with van der Waals surface area (Å²) in [6.45, 7) is 3.34. The van der Waals surface area contributed by atoms with E-state index in [0.717, 1.165) is 17.5 Å². The van der Waals surface area contributed by atoms with Crippen LogP contribution in [0.25, 0.3) is 0 Å². The minimum Gasteiger partial charge on any atom is -0.454 e. The van der Waals surface area contributed by atoms with Crippen LogP contribution in [0.3, 0.4) is 0 Å². The highest BCUT2D eigenvalue weighted by Crippen LogP contribution is 2.60. The first-order chi connectivity index (χ1) is 16.2. The molecule has 0 unspecified atom stereocenters. The smallest absolute Gasteiger partial charge is 0.338 e. The van der Waals surface area contributed by atoms with Crippen molar-refractivity contribution in [2.24, 2.45) is 23.7 Å². The van der Waals surface area contributed by atoms with E-state index >= 15 is 0 Å². The zero-order valence-corrected chi connectivity index (χ0v) is 21.8. The third-order valence-electron chi connectivity index (χ3n) is 7.35. The first-order valence-corrected chi connectivity index (χ1v) is 13.1.